The Hall–Kier alpha value is -5.45. The van der Waals surface area contributed by atoms with Crippen molar-refractivity contribution in [1.29, 1.82) is 5.26 Å². The molecule has 0 aliphatic carbocycles. The summed E-state index contributed by atoms with van der Waals surface area (Å²) in [5.74, 6) is -2.45. The first-order chi connectivity index (χ1) is 23.1. The third-order valence-corrected chi connectivity index (χ3v) is 8.17. The van der Waals surface area contributed by atoms with Crippen LogP contribution in [0.2, 0.25) is 5.02 Å². The maximum atomic E-state index is 15.6. The van der Waals surface area contributed by atoms with Crippen LogP contribution in [0.25, 0.3) is 22.3 Å². The first kappa shape index (κ1) is 32.5. The number of nitrogens with zero attached hydrogens (tertiary/aromatic N) is 5. The van der Waals surface area contributed by atoms with Gasteiger partial charge in [-0.25, -0.2) is 23.5 Å². The van der Waals surface area contributed by atoms with E-state index in [4.69, 9.17) is 26.3 Å². The quantitative estimate of drug-likeness (QED) is 0.179. The molecule has 2 atom stereocenters. The molecule has 14 heteroatoms. The van der Waals surface area contributed by atoms with Crippen LogP contribution in [0.15, 0.2) is 60.8 Å². The molecular formula is C34H27ClF2N6O5. The molecule has 2 aromatic carbocycles. The summed E-state index contributed by atoms with van der Waals surface area (Å²) >= 11 is 6.32. The lowest BCUT2D eigenvalue weighted by atomic mass is 10.0. The van der Waals surface area contributed by atoms with Crippen LogP contribution in [-0.4, -0.2) is 55.3 Å². The van der Waals surface area contributed by atoms with Crippen LogP contribution >= 0.6 is 11.6 Å². The van der Waals surface area contributed by atoms with Gasteiger partial charge in [-0.1, -0.05) is 17.7 Å². The van der Waals surface area contributed by atoms with Gasteiger partial charge < -0.3 is 24.5 Å². The Morgan fingerprint density at radius 1 is 1.17 bits per heavy atom. The second kappa shape index (κ2) is 13.7. The van der Waals surface area contributed by atoms with Gasteiger partial charge in [-0.05, 0) is 61.4 Å². The molecule has 0 spiro atoms. The van der Waals surface area contributed by atoms with Gasteiger partial charge in [0.25, 0.3) is 5.91 Å². The smallest absolute Gasteiger partial charge is 0.335 e. The van der Waals surface area contributed by atoms with Crippen molar-refractivity contribution in [2.75, 3.05) is 6.61 Å². The largest absolute Gasteiger partial charge is 0.478 e. The summed E-state index contributed by atoms with van der Waals surface area (Å²) in [7, 11) is 0. The van der Waals surface area contributed by atoms with Crippen molar-refractivity contribution in [3.63, 3.8) is 0 Å². The third-order valence-electron chi connectivity index (χ3n) is 7.82. The van der Waals surface area contributed by atoms with Crippen molar-refractivity contribution in [1.82, 2.24) is 24.8 Å². The number of hydrogen-bond donors (Lipinski definition) is 2. The fourth-order valence-corrected chi connectivity index (χ4v) is 5.36. The lowest BCUT2D eigenvalue weighted by molar-refractivity contribution is -0.0589. The van der Waals surface area contributed by atoms with Gasteiger partial charge in [0, 0.05) is 36.4 Å². The van der Waals surface area contributed by atoms with E-state index < -0.39 is 29.6 Å². The topological polar surface area (TPSA) is 152 Å². The zero-order valence-corrected chi connectivity index (χ0v) is 26.2. The van der Waals surface area contributed by atoms with Gasteiger partial charge >= 0.3 is 5.97 Å². The van der Waals surface area contributed by atoms with Crippen LogP contribution in [0.3, 0.4) is 0 Å². The Morgan fingerprint density at radius 3 is 2.69 bits per heavy atom. The van der Waals surface area contributed by atoms with Crippen molar-refractivity contribution >= 4 is 34.5 Å². The zero-order valence-electron chi connectivity index (χ0n) is 25.4. The molecule has 5 aromatic rings. The first-order valence-electron chi connectivity index (χ1n) is 14.9. The minimum Gasteiger partial charge on any atom is -0.478 e. The summed E-state index contributed by atoms with van der Waals surface area (Å²) in [6.45, 7) is 2.48. The lowest BCUT2D eigenvalue weighted by Gasteiger charge is -2.27. The minimum absolute atomic E-state index is 0.0314. The number of nitriles is 1. The number of nitrogens with one attached hydrogen (secondary N) is 1. The van der Waals surface area contributed by atoms with Crippen molar-refractivity contribution in [2.24, 2.45) is 0 Å². The molecule has 1 aliphatic rings. The van der Waals surface area contributed by atoms with E-state index in [0.29, 0.717) is 35.6 Å². The van der Waals surface area contributed by atoms with E-state index in [9.17, 15) is 14.7 Å². The van der Waals surface area contributed by atoms with E-state index in [0.717, 1.165) is 18.6 Å². The average molecular weight is 673 g/mol. The van der Waals surface area contributed by atoms with Gasteiger partial charge in [-0.3, -0.25) is 9.78 Å². The summed E-state index contributed by atoms with van der Waals surface area (Å²) in [5.41, 5.74) is 1.80. The molecular weight excluding hydrogens is 646 g/mol. The normalized spacial score (nSPS) is 14.6. The number of pyridine rings is 2. The van der Waals surface area contributed by atoms with Crippen molar-refractivity contribution < 1.29 is 33.0 Å². The number of carboxylic acids is 1. The van der Waals surface area contributed by atoms with Crippen molar-refractivity contribution in [3.05, 3.63) is 106 Å². The fraction of sp³-hybridized carbons (Fsp3) is 0.235. The molecule has 0 radical (unpaired) electrons. The minimum atomic E-state index is -1.08. The number of fused-ring (bicyclic) bond motifs is 1. The maximum absolute atomic E-state index is 15.6. The number of carbonyl (C=O) groups is 2. The van der Waals surface area contributed by atoms with Crippen LogP contribution in [0.5, 0.6) is 5.88 Å². The number of benzene rings is 2. The second-order valence-electron chi connectivity index (χ2n) is 11.2. The second-order valence-corrected chi connectivity index (χ2v) is 11.6. The van der Waals surface area contributed by atoms with E-state index >= 15 is 8.78 Å². The summed E-state index contributed by atoms with van der Waals surface area (Å²) in [5, 5.41) is 21.0. The molecule has 48 heavy (non-hydrogen) atoms. The molecule has 0 saturated carbocycles. The monoisotopic (exact) mass is 672 g/mol. The SMILES string of the molecule is CC(C#N)NC(=O)c1cc(Cl)c(COc2cccc(-c3cc(F)c(Cc4nc5ccc(C(=O)O)cc5n4C[C@@H]4CCO4)cc3F)n2)cn1. The number of carboxylic acid groups (broad SMARTS) is 1. The molecule has 1 aliphatic heterocycles. The van der Waals surface area contributed by atoms with Crippen LogP contribution < -0.4 is 10.1 Å². The molecule has 2 N–H and O–H groups in total. The van der Waals surface area contributed by atoms with Gasteiger partial charge in [-0.15, -0.1) is 0 Å². The molecule has 6 rings (SSSR count). The average Bonchev–Trinajstić information content (AvgIpc) is 3.39. The highest BCUT2D eigenvalue weighted by molar-refractivity contribution is 6.31. The van der Waals surface area contributed by atoms with Crippen molar-refractivity contribution in [3.8, 4) is 23.2 Å². The van der Waals surface area contributed by atoms with E-state index in [1.807, 2.05) is 6.07 Å². The van der Waals surface area contributed by atoms with Crippen LogP contribution in [0.4, 0.5) is 8.78 Å². The summed E-state index contributed by atoms with van der Waals surface area (Å²) < 4.78 is 44.2. The van der Waals surface area contributed by atoms with Gasteiger partial charge in [-0.2, -0.15) is 5.26 Å². The highest BCUT2D eigenvalue weighted by Gasteiger charge is 2.24. The number of ether oxygens (including phenoxy) is 2. The summed E-state index contributed by atoms with van der Waals surface area (Å²) in [4.78, 5) is 36.8. The zero-order chi connectivity index (χ0) is 33.9. The number of hydrogen-bond acceptors (Lipinski definition) is 8. The van der Waals surface area contributed by atoms with Gasteiger partial charge in [0.05, 0.1) is 46.0 Å². The highest BCUT2D eigenvalue weighted by Crippen LogP contribution is 2.29. The third kappa shape index (κ3) is 6.95. The van der Waals surface area contributed by atoms with Gasteiger partial charge in [0.2, 0.25) is 5.88 Å². The van der Waals surface area contributed by atoms with E-state index in [1.165, 1.54) is 37.4 Å². The van der Waals surface area contributed by atoms with Gasteiger partial charge in [0.15, 0.2) is 0 Å². The van der Waals surface area contributed by atoms with Crippen LogP contribution in [0, 0.1) is 23.0 Å². The van der Waals surface area contributed by atoms with Crippen LogP contribution in [0.1, 0.15) is 51.1 Å². The number of amides is 1. The molecule has 4 heterocycles. The molecule has 1 unspecified atom stereocenters. The number of aromatic carboxylic acids is 1. The Morgan fingerprint density at radius 2 is 1.98 bits per heavy atom. The van der Waals surface area contributed by atoms with E-state index in [2.05, 4.69) is 20.3 Å². The predicted molar refractivity (Wildman–Crippen MR) is 170 cm³/mol. The van der Waals surface area contributed by atoms with E-state index in [1.54, 1.807) is 22.8 Å². The number of carbonyl (C=O) groups excluding carboxylic acids is 1. The molecule has 244 valence electrons. The van der Waals surface area contributed by atoms with Crippen molar-refractivity contribution in [2.45, 2.75) is 45.1 Å². The Kier molecular flexibility index (Phi) is 9.29. The van der Waals surface area contributed by atoms with Gasteiger partial charge in [0.1, 0.15) is 35.8 Å². The first-order valence-corrected chi connectivity index (χ1v) is 15.2. The lowest BCUT2D eigenvalue weighted by Crippen LogP contribution is -2.31. The standard InChI is InChI=1S/C34H27ClF2N6O5/c1-18(14-38)40-33(44)29-13-24(35)21(15-39-29)17-48-32-4-2-3-27(42-32)23-12-25(36)20(9-26(23)37)11-31-41-28-6-5-19(34(45)46)10-30(28)43(31)16-22-7-8-47-22/h2-6,9-10,12-13,15,18,22H,7-8,11,16-17H2,1H3,(H,40,44)(H,45,46)/t18?,22-/m0/s1. The number of aromatic nitrogens is 4. The molecule has 3 aromatic heterocycles. The number of rotatable bonds is 11. The number of halogens is 3. The molecule has 0 bridgehead atoms. The molecule has 1 fully saturated rings. The Bertz CT molecular complexity index is 2090. The fourth-order valence-electron chi connectivity index (χ4n) is 5.16. The Labute approximate surface area is 277 Å². The molecule has 1 amide bonds. The molecule has 11 nitrogen and oxygen atoms in total. The number of imidazole rings is 1. The van der Waals surface area contributed by atoms with E-state index in [-0.39, 0.29) is 58.1 Å². The Balaban J connectivity index is 1.20. The molecule has 1 saturated heterocycles. The highest BCUT2D eigenvalue weighted by atomic mass is 35.5. The summed E-state index contributed by atoms with van der Waals surface area (Å²) in [6, 6.07) is 13.9. The maximum Gasteiger partial charge on any atom is 0.335 e. The summed E-state index contributed by atoms with van der Waals surface area (Å²) in [6.07, 6.45) is 2.06. The predicted octanol–water partition coefficient (Wildman–Crippen LogP) is 5.72. The van der Waals surface area contributed by atoms with Crippen LogP contribution in [-0.2, 0) is 24.3 Å².